The molecule has 2 rings (SSSR count). The van der Waals surface area contributed by atoms with Crippen LogP contribution in [0.5, 0.6) is 0 Å². The Morgan fingerprint density at radius 2 is 1.09 bits per heavy atom. The van der Waals surface area contributed by atoms with Crippen LogP contribution in [-0.2, 0) is 22.7 Å². The number of hydrogen-bond donors (Lipinski definition) is 1. The molecule has 118 valence electrons. The lowest BCUT2D eigenvalue weighted by molar-refractivity contribution is -0.0276. The van der Waals surface area contributed by atoms with Gasteiger partial charge in [-0.15, -0.1) is 0 Å². The third-order valence-corrected chi connectivity index (χ3v) is 3.49. The predicted octanol–water partition coefficient (Wildman–Crippen LogP) is 4.09. The molecule has 0 amide bonds. The summed E-state index contributed by atoms with van der Waals surface area (Å²) < 4.78 is 10.9. The zero-order valence-corrected chi connectivity index (χ0v) is 13.6. The normalized spacial score (nSPS) is 11.1. The third kappa shape index (κ3) is 6.34. The van der Waals surface area contributed by atoms with E-state index in [2.05, 4.69) is 0 Å². The van der Waals surface area contributed by atoms with Crippen LogP contribution in [0.2, 0.25) is 10.0 Å². The summed E-state index contributed by atoms with van der Waals surface area (Å²) in [6.45, 7) is 1.32. The molecule has 0 saturated heterocycles. The third-order valence-electron chi connectivity index (χ3n) is 2.98. The lowest BCUT2D eigenvalue weighted by atomic mass is 10.2. The minimum atomic E-state index is -0.653. The number of ether oxygens (including phenoxy) is 2. The number of aliphatic hydroxyl groups excluding tert-OH is 1. The number of hydrogen-bond acceptors (Lipinski definition) is 3. The Labute approximate surface area is 140 Å². The molecule has 2 aromatic rings. The van der Waals surface area contributed by atoms with Crippen molar-refractivity contribution in [1.82, 2.24) is 0 Å². The first kappa shape index (κ1) is 17.3. The van der Waals surface area contributed by atoms with Crippen LogP contribution in [0.3, 0.4) is 0 Å². The van der Waals surface area contributed by atoms with Gasteiger partial charge in [-0.25, -0.2) is 0 Å². The van der Waals surface area contributed by atoms with Gasteiger partial charge in [0, 0.05) is 10.0 Å². The van der Waals surface area contributed by atoms with E-state index < -0.39 is 6.10 Å². The van der Waals surface area contributed by atoms with E-state index in [4.69, 9.17) is 32.7 Å². The van der Waals surface area contributed by atoms with Crippen LogP contribution < -0.4 is 0 Å². The maximum atomic E-state index is 9.80. The van der Waals surface area contributed by atoms with E-state index in [9.17, 15) is 5.11 Å². The summed E-state index contributed by atoms with van der Waals surface area (Å²) in [6.07, 6.45) is -0.653. The van der Waals surface area contributed by atoms with Crippen molar-refractivity contribution < 1.29 is 14.6 Å². The Kier molecular flexibility index (Phi) is 7.16. The monoisotopic (exact) mass is 340 g/mol. The smallest absolute Gasteiger partial charge is 0.101 e. The average molecular weight is 341 g/mol. The quantitative estimate of drug-likeness (QED) is 0.786. The maximum absolute atomic E-state index is 9.80. The summed E-state index contributed by atoms with van der Waals surface area (Å²) in [5.74, 6) is 0. The zero-order chi connectivity index (χ0) is 15.8. The predicted molar refractivity (Wildman–Crippen MR) is 88.2 cm³/mol. The maximum Gasteiger partial charge on any atom is 0.101 e. The number of rotatable bonds is 8. The van der Waals surface area contributed by atoms with Crippen molar-refractivity contribution >= 4 is 23.2 Å². The highest BCUT2D eigenvalue weighted by Gasteiger charge is 2.05. The van der Waals surface area contributed by atoms with Gasteiger partial charge >= 0.3 is 0 Å². The van der Waals surface area contributed by atoms with Crippen LogP contribution in [-0.4, -0.2) is 24.4 Å². The molecule has 0 unspecified atom stereocenters. The molecule has 0 saturated carbocycles. The fourth-order valence-electron chi connectivity index (χ4n) is 1.84. The molecule has 3 nitrogen and oxygen atoms in total. The molecule has 0 aliphatic carbocycles. The molecule has 0 aliphatic heterocycles. The van der Waals surface area contributed by atoms with Crippen LogP contribution >= 0.6 is 23.2 Å². The highest BCUT2D eigenvalue weighted by atomic mass is 35.5. The minimum Gasteiger partial charge on any atom is -0.388 e. The van der Waals surface area contributed by atoms with E-state index in [0.717, 1.165) is 11.1 Å². The number of aliphatic hydroxyl groups is 1. The molecule has 1 N–H and O–H groups in total. The lowest BCUT2D eigenvalue weighted by Gasteiger charge is -2.12. The molecule has 0 fully saturated rings. The summed E-state index contributed by atoms with van der Waals surface area (Å²) in [7, 11) is 0. The van der Waals surface area contributed by atoms with E-state index in [1.165, 1.54) is 0 Å². The second kappa shape index (κ2) is 9.13. The molecular weight excluding hydrogens is 323 g/mol. The Bertz CT molecular complexity index is 504. The SMILES string of the molecule is OC(COCc1ccc(Cl)cc1)COCc1ccc(Cl)cc1. The van der Waals surface area contributed by atoms with Crippen molar-refractivity contribution in [3.8, 4) is 0 Å². The molecule has 0 aliphatic rings. The van der Waals surface area contributed by atoms with Crippen molar-refractivity contribution in [1.29, 1.82) is 0 Å². The minimum absolute atomic E-state index is 0.225. The van der Waals surface area contributed by atoms with E-state index in [-0.39, 0.29) is 13.2 Å². The van der Waals surface area contributed by atoms with Gasteiger partial charge in [0.15, 0.2) is 0 Å². The van der Waals surface area contributed by atoms with Gasteiger partial charge < -0.3 is 14.6 Å². The number of benzene rings is 2. The first-order valence-electron chi connectivity index (χ1n) is 6.96. The summed E-state index contributed by atoms with van der Waals surface area (Å²) in [4.78, 5) is 0. The van der Waals surface area contributed by atoms with Crippen molar-refractivity contribution in [3.05, 3.63) is 69.7 Å². The first-order valence-corrected chi connectivity index (χ1v) is 7.71. The fourth-order valence-corrected chi connectivity index (χ4v) is 2.09. The highest BCUT2D eigenvalue weighted by molar-refractivity contribution is 6.30. The van der Waals surface area contributed by atoms with Crippen LogP contribution in [0.1, 0.15) is 11.1 Å². The van der Waals surface area contributed by atoms with Gasteiger partial charge in [0.25, 0.3) is 0 Å². The largest absolute Gasteiger partial charge is 0.388 e. The summed E-state index contributed by atoms with van der Waals surface area (Å²) in [5.41, 5.74) is 2.03. The van der Waals surface area contributed by atoms with Crippen molar-refractivity contribution in [3.63, 3.8) is 0 Å². The Balaban J connectivity index is 1.60. The Morgan fingerprint density at radius 1 is 0.727 bits per heavy atom. The molecular formula is C17H18Cl2O3. The van der Waals surface area contributed by atoms with Gasteiger partial charge in [-0.1, -0.05) is 47.5 Å². The molecule has 0 atom stereocenters. The van der Waals surface area contributed by atoms with E-state index >= 15 is 0 Å². The number of halogens is 2. The second-order valence-corrected chi connectivity index (χ2v) is 5.81. The standard InChI is InChI=1S/C17H18Cl2O3/c18-15-5-1-13(2-6-15)9-21-11-17(20)12-22-10-14-3-7-16(19)8-4-14/h1-8,17,20H,9-12H2. The van der Waals surface area contributed by atoms with Gasteiger partial charge in [-0.3, -0.25) is 0 Å². The van der Waals surface area contributed by atoms with E-state index in [1.807, 2.05) is 48.5 Å². The van der Waals surface area contributed by atoms with Crippen molar-refractivity contribution in [2.75, 3.05) is 13.2 Å². The molecule has 2 aromatic carbocycles. The van der Waals surface area contributed by atoms with Gasteiger partial charge in [-0.2, -0.15) is 0 Å². The van der Waals surface area contributed by atoms with Gasteiger partial charge in [0.1, 0.15) is 6.10 Å². The molecule has 0 radical (unpaired) electrons. The van der Waals surface area contributed by atoms with Crippen LogP contribution in [0.4, 0.5) is 0 Å². The molecule has 5 heteroatoms. The lowest BCUT2D eigenvalue weighted by Crippen LogP contribution is -2.21. The summed E-state index contributed by atoms with van der Waals surface area (Å²) >= 11 is 11.6. The van der Waals surface area contributed by atoms with Crippen molar-refractivity contribution in [2.45, 2.75) is 19.3 Å². The molecule has 0 bridgehead atoms. The molecule has 0 spiro atoms. The van der Waals surface area contributed by atoms with Gasteiger partial charge in [-0.05, 0) is 35.4 Å². The summed E-state index contributed by atoms with van der Waals surface area (Å²) in [6, 6.07) is 14.8. The van der Waals surface area contributed by atoms with Crippen LogP contribution in [0.15, 0.2) is 48.5 Å². The van der Waals surface area contributed by atoms with E-state index in [0.29, 0.717) is 23.3 Å². The first-order chi connectivity index (χ1) is 10.6. The van der Waals surface area contributed by atoms with Crippen LogP contribution in [0.25, 0.3) is 0 Å². The Morgan fingerprint density at radius 3 is 1.45 bits per heavy atom. The van der Waals surface area contributed by atoms with Gasteiger partial charge in [0.05, 0.1) is 26.4 Å². The van der Waals surface area contributed by atoms with Gasteiger partial charge in [0.2, 0.25) is 0 Å². The average Bonchev–Trinajstić information content (AvgIpc) is 2.51. The van der Waals surface area contributed by atoms with E-state index in [1.54, 1.807) is 0 Å². The molecule has 22 heavy (non-hydrogen) atoms. The molecule has 0 aromatic heterocycles. The molecule has 0 heterocycles. The second-order valence-electron chi connectivity index (χ2n) is 4.94. The van der Waals surface area contributed by atoms with Crippen molar-refractivity contribution in [2.24, 2.45) is 0 Å². The summed E-state index contributed by atoms with van der Waals surface area (Å²) in [5, 5.41) is 11.2. The highest BCUT2D eigenvalue weighted by Crippen LogP contribution is 2.11. The fraction of sp³-hybridized carbons (Fsp3) is 0.294. The Hall–Kier alpha value is -1.10. The zero-order valence-electron chi connectivity index (χ0n) is 12.0. The topological polar surface area (TPSA) is 38.7 Å². The van der Waals surface area contributed by atoms with Crippen LogP contribution in [0, 0.1) is 0 Å².